The molecule has 0 bridgehead atoms. The summed E-state index contributed by atoms with van der Waals surface area (Å²) in [5.41, 5.74) is -0.456. The van der Waals surface area contributed by atoms with Gasteiger partial charge in [-0.15, -0.1) is 0 Å². The predicted octanol–water partition coefficient (Wildman–Crippen LogP) is 1.79. The van der Waals surface area contributed by atoms with Crippen LogP contribution in [0, 0.1) is 5.92 Å². The molecule has 4 heteroatoms. The molecule has 1 N–H and O–H groups in total. The number of ether oxygens (including phenoxy) is 1. The maximum absolute atomic E-state index is 12.1. The van der Waals surface area contributed by atoms with E-state index >= 15 is 0 Å². The summed E-state index contributed by atoms with van der Waals surface area (Å²) in [5, 5.41) is 3.25. The maximum atomic E-state index is 12.1. The van der Waals surface area contributed by atoms with Gasteiger partial charge in [-0.25, -0.2) is 0 Å². The van der Waals surface area contributed by atoms with Gasteiger partial charge in [0.1, 0.15) is 5.54 Å². The van der Waals surface area contributed by atoms with Crippen LogP contribution in [0.5, 0.6) is 0 Å². The molecular formula is C15H28N2O2. The van der Waals surface area contributed by atoms with Gasteiger partial charge in [0.2, 0.25) is 0 Å². The van der Waals surface area contributed by atoms with Gasteiger partial charge in [0, 0.05) is 12.6 Å². The molecule has 0 amide bonds. The van der Waals surface area contributed by atoms with Crippen LogP contribution >= 0.6 is 0 Å². The second-order valence-corrected chi connectivity index (χ2v) is 6.13. The molecule has 4 nitrogen and oxygen atoms in total. The quantitative estimate of drug-likeness (QED) is 0.789. The Balaban J connectivity index is 2.02. The number of nitrogens with zero attached hydrogens (tertiary/aromatic N) is 1. The Labute approximate surface area is 116 Å². The molecule has 2 rings (SSSR count). The van der Waals surface area contributed by atoms with Gasteiger partial charge in [0.05, 0.1) is 7.11 Å². The number of nitrogens with one attached hydrogen (secondary N) is 1. The number of rotatable bonds is 4. The zero-order valence-corrected chi connectivity index (χ0v) is 12.6. The fraction of sp³-hybridized carbons (Fsp3) is 0.933. The Morgan fingerprint density at radius 2 is 2.26 bits per heavy atom. The van der Waals surface area contributed by atoms with E-state index in [1.807, 2.05) is 7.05 Å². The molecular weight excluding hydrogens is 240 g/mol. The lowest BCUT2D eigenvalue weighted by Crippen LogP contribution is -2.57. The van der Waals surface area contributed by atoms with E-state index in [0.717, 1.165) is 25.2 Å². The van der Waals surface area contributed by atoms with Crippen LogP contribution in [0.1, 0.15) is 45.4 Å². The highest BCUT2D eigenvalue weighted by Gasteiger charge is 2.44. The highest BCUT2D eigenvalue weighted by molar-refractivity contribution is 5.81. The van der Waals surface area contributed by atoms with Gasteiger partial charge in [-0.2, -0.15) is 0 Å². The first-order valence-electron chi connectivity index (χ1n) is 7.66. The second-order valence-electron chi connectivity index (χ2n) is 6.13. The Morgan fingerprint density at radius 1 is 1.47 bits per heavy atom. The summed E-state index contributed by atoms with van der Waals surface area (Å²) in [6, 6.07) is 0.539. The fourth-order valence-electron chi connectivity index (χ4n) is 3.79. The van der Waals surface area contributed by atoms with Crippen LogP contribution in [-0.2, 0) is 9.53 Å². The molecule has 1 aliphatic heterocycles. The second kappa shape index (κ2) is 6.23. The SMILES string of the molecule is CCC1CCN(C2CCCC(NC)(C(=O)OC)C2)C1. The molecule has 3 atom stereocenters. The number of hydrogen-bond donors (Lipinski definition) is 1. The van der Waals surface area contributed by atoms with Gasteiger partial charge in [-0.3, -0.25) is 4.79 Å². The third-order valence-corrected chi connectivity index (χ3v) is 5.19. The minimum Gasteiger partial charge on any atom is -0.468 e. The van der Waals surface area contributed by atoms with Gasteiger partial charge in [0.25, 0.3) is 0 Å². The van der Waals surface area contributed by atoms with Gasteiger partial charge >= 0.3 is 5.97 Å². The van der Waals surface area contributed by atoms with E-state index in [4.69, 9.17) is 4.74 Å². The van der Waals surface area contributed by atoms with Crippen molar-refractivity contribution in [1.82, 2.24) is 10.2 Å². The highest BCUT2D eigenvalue weighted by atomic mass is 16.5. The normalized spacial score (nSPS) is 36.4. The van der Waals surface area contributed by atoms with Crippen molar-refractivity contribution in [1.29, 1.82) is 0 Å². The fourth-order valence-corrected chi connectivity index (χ4v) is 3.79. The molecule has 0 aromatic heterocycles. The molecule has 19 heavy (non-hydrogen) atoms. The average molecular weight is 268 g/mol. The Kier molecular flexibility index (Phi) is 4.85. The summed E-state index contributed by atoms with van der Waals surface area (Å²) in [6.07, 6.45) is 6.71. The van der Waals surface area contributed by atoms with Gasteiger partial charge in [0.15, 0.2) is 0 Å². The third kappa shape index (κ3) is 2.95. The van der Waals surface area contributed by atoms with Crippen LogP contribution in [0.2, 0.25) is 0 Å². The molecule has 3 unspecified atom stereocenters. The number of carbonyl (C=O) groups is 1. The number of likely N-dealkylation sites (tertiary alicyclic amines) is 1. The van der Waals surface area contributed by atoms with Crippen molar-refractivity contribution >= 4 is 5.97 Å². The first-order valence-corrected chi connectivity index (χ1v) is 7.66. The molecule has 110 valence electrons. The van der Waals surface area contributed by atoms with Crippen molar-refractivity contribution in [2.75, 3.05) is 27.2 Å². The lowest BCUT2D eigenvalue weighted by atomic mass is 9.78. The van der Waals surface area contributed by atoms with E-state index in [1.165, 1.54) is 39.5 Å². The van der Waals surface area contributed by atoms with Crippen molar-refractivity contribution in [3.05, 3.63) is 0 Å². The van der Waals surface area contributed by atoms with E-state index in [9.17, 15) is 4.79 Å². The number of carbonyl (C=O) groups excluding carboxylic acids is 1. The smallest absolute Gasteiger partial charge is 0.326 e. The minimum atomic E-state index is -0.456. The lowest BCUT2D eigenvalue weighted by Gasteiger charge is -2.41. The molecule has 1 saturated heterocycles. The zero-order valence-electron chi connectivity index (χ0n) is 12.6. The summed E-state index contributed by atoms with van der Waals surface area (Å²) < 4.78 is 5.02. The van der Waals surface area contributed by atoms with E-state index in [0.29, 0.717) is 6.04 Å². The summed E-state index contributed by atoms with van der Waals surface area (Å²) in [6.45, 7) is 4.69. The van der Waals surface area contributed by atoms with Gasteiger partial charge < -0.3 is 15.0 Å². The first-order chi connectivity index (χ1) is 9.15. The zero-order chi connectivity index (χ0) is 13.9. The number of methoxy groups -OCH3 is 1. The summed E-state index contributed by atoms with van der Waals surface area (Å²) in [5.74, 6) is 0.759. The summed E-state index contributed by atoms with van der Waals surface area (Å²) >= 11 is 0. The van der Waals surface area contributed by atoms with Crippen LogP contribution in [0.4, 0.5) is 0 Å². The van der Waals surface area contributed by atoms with Crippen LogP contribution < -0.4 is 5.32 Å². The van der Waals surface area contributed by atoms with Crippen LogP contribution in [0.15, 0.2) is 0 Å². The molecule has 0 spiro atoms. The van der Waals surface area contributed by atoms with Crippen molar-refractivity contribution in [2.24, 2.45) is 5.92 Å². The van der Waals surface area contributed by atoms with Crippen molar-refractivity contribution in [2.45, 2.75) is 57.0 Å². The first kappa shape index (κ1) is 14.8. The van der Waals surface area contributed by atoms with Gasteiger partial charge in [-0.05, 0) is 51.6 Å². The van der Waals surface area contributed by atoms with Crippen molar-refractivity contribution in [3.8, 4) is 0 Å². The number of hydrogen-bond acceptors (Lipinski definition) is 4. The monoisotopic (exact) mass is 268 g/mol. The standard InChI is InChI=1S/C15H28N2O2/c1-4-12-7-9-17(11-12)13-6-5-8-15(10-13,16-2)14(18)19-3/h12-13,16H,4-11H2,1-3H3. The summed E-state index contributed by atoms with van der Waals surface area (Å²) in [7, 11) is 3.38. The average Bonchev–Trinajstić information content (AvgIpc) is 2.95. The third-order valence-electron chi connectivity index (χ3n) is 5.19. The Bertz CT molecular complexity index is 321. The number of likely N-dealkylation sites (N-methyl/N-ethyl adjacent to an activating group) is 1. The molecule has 2 aliphatic rings. The molecule has 0 aromatic carbocycles. The topological polar surface area (TPSA) is 41.6 Å². The van der Waals surface area contributed by atoms with E-state index in [1.54, 1.807) is 0 Å². The summed E-state index contributed by atoms with van der Waals surface area (Å²) in [4.78, 5) is 14.7. The van der Waals surface area contributed by atoms with E-state index < -0.39 is 5.54 Å². The maximum Gasteiger partial charge on any atom is 0.326 e. The van der Waals surface area contributed by atoms with Crippen molar-refractivity contribution < 1.29 is 9.53 Å². The largest absolute Gasteiger partial charge is 0.468 e. The Morgan fingerprint density at radius 3 is 2.84 bits per heavy atom. The molecule has 2 fully saturated rings. The Hall–Kier alpha value is -0.610. The minimum absolute atomic E-state index is 0.0917. The highest BCUT2D eigenvalue weighted by Crippen LogP contribution is 2.34. The van der Waals surface area contributed by atoms with E-state index in [2.05, 4.69) is 17.1 Å². The molecule has 1 saturated carbocycles. The molecule has 1 aliphatic carbocycles. The predicted molar refractivity (Wildman–Crippen MR) is 76.0 cm³/mol. The molecule has 1 heterocycles. The number of esters is 1. The van der Waals surface area contributed by atoms with Crippen LogP contribution in [0.25, 0.3) is 0 Å². The van der Waals surface area contributed by atoms with Crippen LogP contribution in [-0.4, -0.2) is 49.7 Å². The molecule has 0 radical (unpaired) electrons. The van der Waals surface area contributed by atoms with Crippen molar-refractivity contribution in [3.63, 3.8) is 0 Å². The van der Waals surface area contributed by atoms with Crippen LogP contribution in [0.3, 0.4) is 0 Å². The van der Waals surface area contributed by atoms with E-state index in [-0.39, 0.29) is 5.97 Å². The van der Waals surface area contributed by atoms with Gasteiger partial charge in [-0.1, -0.05) is 13.3 Å². The molecule has 0 aromatic rings. The lowest BCUT2D eigenvalue weighted by molar-refractivity contribution is -0.151.